The quantitative estimate of drug-likeness (QED) is 0.143. The van der Waals surface area contributed by atoms with Gasteiger partial charge in [-0.3, -0.25) is 0 Å². The van der Waals surface area contributed by atoms with E-state index in [-0.39, 0.29) is 10.8 Å². The van der Waals surface area contributed by atoms with E-state index >= 15 is 0 Å². The molecule has 50 heavy (non-hydrogen) atoms. The smallest absolute Gasteiger partial charge is 0.0991 e. The van der Waals surface area contributed by atoms with E-state index in [1.807, 2.05) is 30.3 Å². The van der Waals surface area contributed by atoms with E-state index in [1.165, 1.54) is 71.1 Å². The van der Waals surface area contributed by atoms with Crippen LogP contribution in [0.3, 0.4) is 0 Å². The first-order chi connectivity index (χ1) is 24.5. The van der Waals surface area contributed by atoms with Crippen molar-refractivity contribution >= 4 is 11.1 Å². The minimum Gasteiger partial charge on any atom is -0.197 e. The maximum atomic E-state index is 9.56. The summed E-state index contributed by atoms with van der Waals surface area (Å²) >= 11 is 0. The van der Waals surface area contributed by atoms with Gasteiger partial charge in [-0.2, -0.15) is 10.5 Å². The number of nitriles is 2. The second kappa shape index (κ2) is 18.0. The predicted octanol–water partition coefficient (Wildman–Crippen LogP) is 13.2. The van der Waals surface area contributed by atoms with Gasteiger partial charge in [0.15, 0.2) is 0 Å². The van der Waals surface area contributed by atoms with Crippen LogP contribution in [0.2, 0.25) is 0 Å². The van der Waals surface area contributed by atoms with Crippen molar-refractivity contribution in [1.29, 1.82) is 10.5 Å². The summed E-state index contributed by atoms with van der Waals surface area (Å²) in [5.74, 6) is 0. The van der Waals surface area contributed by atoms with Crippen molar-refractivity contribution in [2.45, 2.75) is 83.5 Å². The molecule has 2 aliphatic rings. The van der Waals surface area contributed by atoms with Gasteiger partial charge >= 0.3 is 0 Å². The summed E-state index contributed by atoms with van der Waals surface area (Å²) in [5.41, 5.74) is 9.29. The molecule has 0 saturated carbocycles. The monoisotopic (exact) mass is 654 g/mol. The Morgan fingerprint density at radius 1 is 0.540 bits per heavy atom. The van der Waals surface area contributed by atoms with Crippen LogP contribution in [-0.2, 0) is 5.41 Å². The first kappa shape index (κ1) is 36.1. The van der Waals surface area contributed by atoms with Gasteiger partial charge in [0.05, 0.1) is 23.1 Å². The lowest BCUT2D eigenvalue weighted by atomic mass is 9.70. The van der Waals surface area contributed by atoms with Crippen LogP contribution in [0.15, 0.2) is 146 Å². The summed E-state index contributed by atoms with van der Waals surface area (Å²) in [4.78, 5) is 0. The first-order valence-electron chi connectivity index (χ1n) is 18.5. The zero-order valence-corrected chi connectivity index (χ0v) is 29.8. The molecule has 0 bridgehead atoms. The van der Waals surface area contributed by atoms with Crippen molar-refractivity contribution in [2.75, 3.05) is 0 Å². The van der Waals surface area contributed by atoms with E-state index in [2.05, 4.69) is 141 Å². The topological polar surface area (TPSA) is 47.6 Å². The van der Waals surface area contributed by atoms with Gasteiger partial charge in [-0.15, -0.1) is 0 Å². The summed E-state index contributed by atoms with van der Waals surface area (Å²) in [6.45, 7) is 4.44. The third kappa shape index (κ3) is 9.28. The van der Waals surface area contributed by atoms with Crippen molar-refractivity contribution in [3.8, 4) is 23.3 Å². The number of hydrogen-bond donors (Lipinski definition) is 0. The summed E-state index contributed by atoms with van der Waals surface area (Å²) in [6, 6.07) is 42.6. The molecule has 0 fully saturated rings. The molecule has 0 heterocycles. The van der Waals surface area contributed by atoms with Gasteiger partial charge in [0.2, 0.25) is 0 Å². The molecule has 0 aromatic heterocycles. The Labute approximate surface area is 300 Å². The molecule has 2 atom stereocenters. The molecule has 252 valence electrons. The summed E-state index contributed by atoms with van der Waals surface area (Å²) in [5, 5.41) is 18.5. The lowest BCUT2D eigenvalue weighted by Crippen LogP contribution is -2.24. The van der Waals surface area contributed by atoms with Crippen LogP contribution in [0.5, 0.6) is 0 Å². The molecule has 0 N–H and O–H groups in total. The lowest BCUT2D eigenvalue weighted by molar-refractivity contribution is 0.446. The van der Waals surface area contributed by atoms with E-state index in [1.54, 1.807) is 0 Å². The molecule has 2 heteroatoms. The van der Waals surface area contributed by atoms with Gasteiger partial charge in [-0.05, 0) is 76.8 Å². The predicted molar refractivity (Wildman–Crippen MR) is 211 cm³/mol. The Morgan fingerprint density at radius 3 is 1.64 bits per heavy atom. The van der Waals surface area contributed by atoms with E-state index in [4.69, 9.17) is 5.26 Å². The van der Waals surface area contributed by atoms with Gasteiger partial charge in [0, 0.05) is 5.41 Å². The van der Waals surface area contributed by atoms with Gasteiger partial charge in [-0.1, -0.05) is 186 Å². The third-order valence-corrected chi connectivity index (χ3v) is 10.2. The highest BCUT2D eigenvalue weighted by molar-refractivity contribution is 5.78. The van der Waals surface area contributed by atoms with Crippen molar-refractivity contribution in [1.82, 2.24) is 0 Å². The molecule has 2 nitrogen and oxygen atoms in total. The zero-order chi connectivity index (χ0) is 35.1. The minimum atomic E-state index is -0.302. The molecule has 4 aromatic rings. The minimum absolute atomic E-state index is 0.116. The average molecular weight is 655 g/mol. The number of nitrogens with zero attached hydrogens (tertiary/aromatic N) is 2. The number of hydrogen-bond acceptors (Lipinski definition) is 2. The number of allylic oxidation sites excluding steroid dienone is 8. The highest BCUT2D eigenvalue weighted by atomic mass is 14.4. The summed E-state index contributed by atoms with van der Waals surface area (Å²) < 4.78 is 0. The maximum Gasteiger partial charge on any atom is 0.0991 e. The molecule has 0 saturated heterocycles. The molecule has 4 aromatic carbocycles. The fourth-order valence-electron chi connectivity index (χ4n) is 7.00. The van der Waals surface area contributed by atoms with Crippen LogP contribution in [0.4, 0.5) is 0 Å². The Kier molecular flexibility index (Phi) is 13.0. The fraction of sp³-hybridized carbons (Fsp3) is 0.292. The van der Waals surface area contributed by atoms with Crippen LogP contribution in [0, 0.1) is 28.1 Å². The number of unbranched alkanes of at least 4 members (excludes halogenated alkanes) is 4. The Bertz CT molecular complexity index is 1860. The average Bonchev–Trinajstić information content (AvgIpc) is 3.20. The third-order valence-electron chi connectivity index (χ3n) is 10.2. The molecule has 6 rings (SSSR count). The van der Waals surface area contributed by atoms with Crippen LogP contribution < -0.4 is 0 Å². The molecule has 2 aliphatic carbocycles. The van der Waals surface area contributed by atoms with Gasteiger partial charge < -0.3 is 0 Å². The van der Waals surface area contributed by atoms with Crippen LogP contribution in [-0.4, -0.2) is 0 Å². The second-order valence-electron chi connectivity index (χ2n) is 13.7. The highest BCUT2D eigenvalue weighted by Gasteiger charge is 2.30. The molecular formula is C48H50N2. The van der Waals surface area contributed by atoms with Crippen LogP contribution in [0.25, 0.3) is 22.3 Å². The maximum absolute atomic E-state index is 9.56. The van der Waals surface area contributed by atoms with Crippen molar-refractivity contribution < 1.29 is 0 Å². The van der Waals surface area contributed by atoms with Gasteiger partial charge in [-0.25, -0.2) is 0 Å². The van der Waals surface area contributed by atoms with E-state index in [0.717, 1.165) is 32.1 Å². The SMILES string of the molecule is CCCCC1(C#N)C=CC(c2ccc(-c3ccccc3)cc2)=CC1.CCCCCCC1(c2ccccc2)C=CC(c2ccc(C#N)cc2)=CC1. The van der Waals surface area contributed by atoms with Gasteiger partial charge in [0.25, 0.3) is 0 Å². The largest absolute Gasteiger partial charge is 0.197 e. The standard InChI is InChI=1S/C25H27N.C23H23N/c1-2-3-4-8-17-25(24-9-6-5-7-10-24)18-15-23(16-19-25)22-13-11-21(20-26)12-14-22;1-2-3-15-23(18-24)16-13-22(14-17-23)21-11-9-20(10-12-21)19-7-5-4-6-8-19/h5-7,9-16,18H,2-4,8,17,19H2,1H3;4-14,16H,2-3,15,17H2,1H3. The second-order valence-corrected chi connectivity index (χ2v) is 13.7. The zero-order valence-electron chi connectivity index (χ0n) is 29.8. The normalized spacial score (nSPS) is 19.3. The van der Waals surface area contributed by atoms with Gasteiger partial charge in [0.1, 0.15) is 0 Å². The van der Waals surface area contributed by atoms with E-state index in [9.17, 15) is 5.26 Å². The molecule has 0 amide bonds. The highest BCUT2D eigenvalue weighted by Crippen LogP contribution is 2.41. The molecule has 0 spiro atoms. The van der Waals surface area contributed by atoms with Crippen molar-refractivity contribution in [3.05, 3.63) is 168 Å². The fourth-order valence-corrected chi connectivity index (χ4v) is 7.00. The summed E-state index contributed by atoms with van der Waals surface area (Å²) in [6.07, 6.45) is 24.9. The van der Waals surface area contributed by atoms with Crippen LogP contribution >= 0.6 is 0 Å². The molecule has 0 radical (unpaired) electrons. The molecular weight excluding hydrogens is 605 g/mol. The molecule has 0 aliphatic heterocycles. The Balaban J connectivity index is 0.000000195. The Hall–Kier alpha value is -5.18. The van der Waals surface area contributed by atoms with Crippen molar-refractivity contribution in [3.63, 3.8) is 0 Å². The van der Waals surface area contributed by atoms with E-state index in [0.29, 0.717) is 5.56 Å². The van der Waals surface area contributed by atoms with E-state index < -0.39 is 0 Å². The lowest BCUT2D eigenvalue weighted by Gasteiger charge is -2.33. The van der Waals surface area contributed by atoms with Crippen LogP contribution in [0.1, 0.15) is 100 Å². The van der Waals surface area contributed by atoms with Crippen molar-refractivity contribution in [2.24, 2.45) is 5.41 Å². The molecule has 2 unspecified atom stereocenters. The Morgan fingerprint density at radius 2 is 1.10 bits per heavy atom. The summed E-state index contributed by atoms with van der Waals surface area (Å²) in [7, 11) is 0. The first-order valence-corrected chi connectivity index (χ1v) is 18.5. The number of rotatable bonds is 12. The number of benzene rings is 4.